The summed E-state index contributed by atoms with van der Waals surface area (Å²) in [6.45, 7) is 4.07. The Balaban J connectivity index is 1.67. The van der Waals surface area contributed by atoms with E-state index in [0.717, 1.165) is 11.3 Å². The van der Waals surface area contributed by atoms with Gasteiger partial charge in [0.1, 0.15) is 5.76 Å². The first kappa shape index (κ1) is 14.3. The van der Waals surface area contributed by atoms with E-state index < -0.39 is 0 Å². The van der Waals surface area contributed by atoms with Crippen LogP contribution in [-0.2, 0) is 9.59 Å². The number of nitrogens with one attached hydrogen (secondary N) is 1. The van der Waals surface area contributed by atoms with Crippen molar-refractivity contribution in [1.29, 1.82) is 0 Å². The predicted molar refractivity (Wildman–Crippen MR) is 81.5 cm³/mol. The maximum Gasteiger partial charge on any atom is 0.229 e. The molecule has 1 saturated heterocycles. The number of hydrogen-bond acceptors (Lipinski definition) is 4. The average Bonchev–Trinajstić information content (AvgIpc) is 3.07. The highest BCUT2D eigenvalue weighted by molar-refractivity contribution is 6.03. The Morgan fingerprint density at radius 3 is 2.68 bits per heavy atom. The SMILES string of the molecule is Cc1ccc(NC(=O)C2CC(=O)N(c3cc(C)on3)C2)cc1. The molecule has 1 unspecified atom stereocenters. The molecule has 1 aliphatic rings. The van der Waals surface area contributed by atoms with Gasteiger partial charge in [-0.3, -0.25) is 14.5 Å². The number of anilines is 2. The molecule has 1 aliphatic heterocycles. The van der Waals surface area contributed by atoms with E-state index in [9.17, 15) is 9.59 Å². The lowest BCUT2D eigenvalue weighted by Crippen LogP contribution is -2.28. The van der Waals surface area contributed by atoms with Crippen molar-refractivity contribution in [1.82, 2.24) is 5.16 Å². The molecule has 0 bridgehead atoms. The Bertz CT molecular complexity index is 706. The molecule has 6 heteroatoms. The summed E-state index contributed by atoms with van der Waals surface area (Å²) >= 11 is 0. The van der Waals surface area contributed by atoms with Gasteiger partial charge in [-0.1, -0.05) is 22.9 Å². The van der Waals surface area contributed by atoms with E-state index in [1.54, 1.807) is 13.0 Å². The van der Waals surface area contributed by atoms with E-state index in [1.807, 2.05) is 31.2 Å². The van der Waals surface area contributed by atoms with Crippen molar-refractivity contribution in [3.05, 3.63) is 41.7 Å². The summed E-state index contributed by atoms with van der Waals surface area (Å²) in [5.74, 6) is 0.451. The summed E-state index contributed by atoms with van der Waals surface area (Å²) < 4.78 is 4.98. The van der Waals surface area contributed by atoms with Gasteiger partial charge in [-0.25, -0.2) is 0 Å². The van der Waals surface area contributed by atoms with Crippen molar-refractivity contribution in [2.24, 2.45) is 5.92 Å². The van der Waals surface area contributed by atoms with Crippen LogP contribution in [0.4, 0.5) is 11.5 Å². The van der Waals surface area contributed by atoms with Crippen molar-refractivity contribution in [3.63, 3.8) is 0 Å². The zero-order valence-electron chi connectivity index (χ0n) is 12.5. The van der Waals surface area contributed by atoms with Gasteiger partial charge >= 0.3 is 0 Å². The third kappa shape index (κ3) is 2.86. The van der Waals surface area contributed by atoms with Crippen LogP contribution in [-0.4, -0.2) is 23.5 Å². The number of rotatable bonds is 3. The smallest absolute Gasteiger partial charge is 0.229 e. The fraction of sp³-hybridized carbons (Fsp3) is 0.312. The molecule has 2 amide bonds. The minimum absolute atomic E-state index is 0.114. The van der Waals surface area contributed by atoms with Gasteiger partial charge < -0.3 is 9.84 Å². The summed E-state index contributed by atoms with van der Waals surface area (Å²) in [5, 5.41) is 6.68. The highest BCUT2D eigenvalue weighted by Gasteiger charge is 2.36. The molecule has 0 aliphatic carbocycles. The minimum atomic E-state index is -0.384. The van der Waals surface area contributed by atoms with Crippen LogP contribution in [0.2, 0.25) is 0 Å². The molecule has 0 spiro atoms. The topological polar surface area (TPSA) is 75.4 Å². The van der Waals surface area contributed by atoms with Gasteiger partial charge in [0.15, 0.2) is 5.82 Å². The summed E-state index contributed by atoms with van der Waals surface area (Å²) in [6.07, 6.45) is 0.184. The molecule has 2 aromatic rings. The predicted octanol–water partition coefficient (Wildman–Crippen LogP) is 2.28. The quantitative estimate of drug-likeness (QED) is 0.943. The fourth-order valence-corrected chi connectivity index (χ4v) is 2.47. The second-order valence-corrected chi connectivity index (χ2v) is 5.56. The largest absolute Gasteiger partial charge is 0.360 e. The highest BCUT2D eigenvalue weighted by Crippen LogP contribution is 2.25. The third-order valence-corrected chi connectivity index (χ3v) is 3.71. The number of aryl methyl sites for hydroxylation is 2. The van der Waals surface area contributed by atoms with Crippen molar-refractivity contribution < 1.29 is 14.1 Å². The lowest BCUT2D eigenvalue weighted by Gasteiger charge is -2.13. The monoisotopic (exact) mass is 299 g/mol. The molecule has 2 heterocycles. The number of benzene rings is 1. The number of nitrogens with zero attached hydrogens (tertiary/aromatic N) is 2. The van der Waals surface area contributed by atoms with Crippen LogP contribution in [0.1, 0.15) is 17.7 Å². The first-order chi connectivity index (χ1) is 10.5. The molecule has 1 aromatic heterocycles. The molecular weight excluding hydrogens is 282 g/mol. The lowest BCUT2D eigenvalue weighted by molar-refractivity contribution is -0.122. The maximum absolute atomic E-state index is 12.3. The van der Waals surface area contributed by atoms with E-state index in [2.05, 4.69) is 10.5 Å². The van der Waals surface area contributed by atoms with Gasteiger partial charge in [-0.2, -0.15) is 0 Å². The molecule has 22 heavy (non-hydrogen) atoms. The summed E-state index contributed by atoms with van der Waals surface area (Å²) in [7, 11) is 0. The molecule has 1 aromatic carbocycles. The van der Waals surface area contributed by atoms with Crippen LogP contribution >= 0.6 is 0 Å². The molecule has 0 saturated carbocycles. The zero-order chi connectivity index (χ0) is 15.7. The summed E-state index contributed by atoms with van der Waals surface area (Å²) in [6, 6.07) is 9.25. The average molecular weight is 299 g/mol. The molecular formula is C16H17N3O3. The Morgan fingerprint density at radius 2 is 2.05 bits per heavy atom. The molecule has 0 radical (unpaired) electrons. The van der Waals surface area contributed by atoms with Crippen molar-refractivity contribution >= 4 is 23.3 Å². The van der Waals surface area contributed by atoms with Crippen LogP contribution < -0.4 is 10.2 Å². The van der Waals surface area contributed by atoms with Crippen LogP contribution in [0, 0.1) is 19.8 Å². The Hall–Kier alpha value is -2.63. The van der Waals surface area contributed by atoms with Crippen molar-refractivity contribution in [3.8, 4) is 0 Å². The van der Waals surface area contributed by atoms with Crippen LogP contribution in [0.15, 0.2) is 34.9 Å². The lowest BCUT2D eigenvalue weighted by atomic mass is 10.1. The molecule has 1 fully saturated rings. The normalized spacial score (nSPS) is 17.8. The molecule has 1 N–H and O–H groups in total. The summed E-state index contributed by atoms with van der Waals surface area (Å²) in [4.78, 5) is 25.8. The minimum Gasteiger partial charge on any atom is -0.360 e. The van der Waals surface area contributed by atoms with E-state index in [1.165, 1.54) is 4.90 Å². The standard InChI is InChI=1S/C16H17N3O3/c1-10-3-5-13(6-4-10)17-16(21)12-8-15(20)19(9-12)14-7-11(2)22-18-14/h3-7,12H,8-9H2,1-2H3,(H,17,21). The molecule has 6 nitrogen and oxygen atoms in total. The Morgan fingerprint density at radius 1 is 1.32 bits per heavy atom. The first-order valence-corrected chi connectivity index (χ1v) is 7.14. The van der Waals surface area contributed by atoms with E-state index in [4.69, 9.17) is 4.52 Å². The first-order valence-electron chi connectivity index (χ1n) is 7.14. The van der Waals surface area contributed by atoms with Crippen LogP contribution in [0.3, 0.4) is 0 Å². The van der Waals surface area contributed by atoms with Crippen molar-refractivity contribution in [2.75, 3.05) is 16.8 Å². The van der Waals surface area contributed by atoms with Gasteiger partial charge in [-0.15, -0.1) is 0 Å². The summed E-state index contributed by atoms with van der Waals surface area (Å²) in [5.41, 5.74) is 1.86. The number of hydrogen-bond donors (Lipinski definition) is 1. The van der Waals surface area contributed by atoms with Gasteiger partial charge in [0.25, 0.3) is 0 Å². The second kappa shape index (κ2) is 5.63. The van der Waals surface area contributed by atoms with Crippen LogP contribution in [0.25, 0.3) is 0 Å². The molecule has 1 atom stereocenters. The Kier molecular flexibility index (Phi) is 3.66. The zero-order valence-corrected chi connectivity index (χ0v) is 12.5. The van der Waals surface area contributed by atoms with Crippen molar-refractivity contribution in [2.45, 2.75) is 20.3 Å². The second-order valence-electron chi connectivity index (χ2n) is 5.56. The number of carbonyl (C=O) groups is 2. The number of amides is 2. The van der Waals surface area contributed by atoms with Crippen LogP contribution in [0.5, 0.6) is 0 Å². The number of aromatic nitrogens is 1. The molecule has 3 rings (SSSR count). The van der Waals surface area contributed by atoms with E-state index >= 15 is 0 Å². The molecule has 114 valence electrons. The van der Waals surface area contributed by atoms with Gasteiger partial charge in [-0.05, 0) is 26.0 Å². The third-order valence-electron chi connectivity index (χ3n) is 3.71. The van der Waals surface area contributed by atoms with E-state index in [0.29, 0.717) is 18.1 Å². The highest BCUT2D eigenvalue weighted by atomic mass is 16.5. The maximum atomic E-state index is 12.3. The van der Waals surface area contributed by atoms with Gasteiger partial charge in [0.05, 0.1) is 5.92 Å². The Labute approximate surface area is 128 Å². The number of carbonyl (C=O) groups excluding carboxylic acids is 2. The fourth-order valence-electron chi connectivity index (χ4n) is 2.47. The van der Waals surface area contributed by atoms with Gasteiger partial charge in [0, 0.05) is 24.7 Å². The van der Waals surface area contributed by atoms with E-state index in [-0.39, 0.29) is 24.2 Å². The van der Waals surface area contributed by atoms with Gasteiger partial charge in [0.2, 0.25) is 11.8 Å².